The Labute approximate surface area is 121 Å². The number of nitrogens with two attached hydrogens (primary N) is 1. The molecule has 21 heavy (non-hydrogen) atoms. The lowest BCUT2D eigenvalue weighted by molar-refractivity contribution is -0.139. The third-order valence-corrected chi connectivity index (χ3v) is 3.35. The van der Waals surface area contributed by atoms with Gasteiger partial charge in [-0.3, -0.25) is 4.79 Å². The van der Waals surface area contributed by atoms with Crippen LogP contribution in [0.4, 0.5) is 5.82 Å². The first-order valence-electron chi connectivity index (χ1n) is 6.58. The van der Waals surface area contributed by atoms with E-state index < -0.39 is 0 Å². The second-order valence-corrected chi connectivity index (χ2v) is 4.74. The highest BCUT2D eigenvalue weighted by atomic mass is 16.5. The summed E-state index contributed by atoms with van der Waals surface area (Å²) in [6.45, 7) is 0. The number of fused-ring (bicyclic) bond motifs is 1. The number of nitrogens with zero attached hydrogens (tertiary/aromatic N) is 2. The Morgan fingerprint density at radius 1 is 1.24 bits per heavy atom. The summed E-state index contributed by atoms with van der Waals surface area (Å²) in [6.07, 6.45) is 0.227. The number of methoxy groups -OCH3 is 1. The van der Waals surface area contributed by atoms with Crippen LogP contribution < -0.4 is 5.73 Å². The first-order valence-corrected chi connectivity index (χ1v) is 6.58. The number of para-hydroxylation sites is 1. The Hall–Kier alpha value is -2.82. The molecule has 0 saturated carbocycles. The van der Waals surface area contributed by atoms with Crippen molar-refractivity contribution in [2.75, 3.05) is 12.8 Å². The van der Waals surface area contributed by atoms with Crippen molar-refractivity contribution in [3.8, 4) is 5.69 Å². The maximum atomic E-state index is 11.3. The quantitative estimate of drug-likeness (QED) is 0.748. The van der Waals surface area contributed by atoms with Gasteiger partial charge in [0.15, 0.2) is 0 Å². The van der Waals surface area contributed by atoms with E-state index >= 15 is 0 Å². The number of nitrogen functional groups attached to an aromatic ring is 1. The molecule has 0 bridgehead atoms. The highest BCUT2D eigenvalue weighted by Crippen LogP contribution is 2.24. The molecule has 0 radical (unpaired) electrons. The lowest BCUT2D eigenvalue weighted by atomic mass is 10.1. The van der Waals surface area contributed by atoms with Crippen LogP contribution in [0.2, 0.25) is 0 Å². The highest BCUT2D eigenvalue weighted by molar-refractivity contribution is 5.90. The Balaban J connectivity index is 2.06. The Morgan fingerprint density at radius 2 is 2.00 bits per heavy atom. The van der Waals surface area contributed by atoms with Crippen LogP contribution in [0, 0.1) is 0 Å². The normalized spacial score (nSPS) is 10.7. The third kappa shape index (κ3) is 2.45. The Bertz CT molecular complexity index is 794. The van der Waals surface area contributed by atoms with Crippen LogP contribution in [0.5, 0.6) is 0 Å². The molecule has 1 aromatic heterocycles. The van der Waals surface area contributed by atoms with Crippen molar-refractivity contribution in [3.63, 3.8) is 0 Å². The third-order valence-electron chi connectivity index (χ3n) is 3.35. The summed E-state index contributed by atoms with van der Waals surface area (Å²) in [5.41, 5.74) is 8.68. The maximum Gasteiger partial charge on any atom is 0.309 e. The smallest absolute Gasteiger partial charge is 0.309 e. The summed E-state index contributed by atoms with van der Waals surface area (Å²) in [7, 11) is 1.38. The van der Waals surface area contributed by atoms with Gasteiger partial charge in [0.05, 0.1) is 24.7 Å². The van der Waals surface area contributed by atoms with Crippen LogP contribution in [0.15, 0.2) is 48.5 Å². The molecule has 0 aliphatic heterocycles. The van der Waals surface area contributed by atoms with E-state index in [1.165, 1.54) is 7.11 Å². The molecule has 0 spiro atoms. The fourth-order valence-electron chi connectivity index (χ4n) is 2.27. The number of hydrogen-bond acceptors (Lipinski definition) is 4. The molecule has 0 aliphatic rings. The minimum absolute atomic E-state index is 0.227. The van der Waals surface area contributed by atoms with E-state index in [4.69, 9.17) is 5.73 Å². The monoisotopic (exact) mass is 281 g/mol. The van der Waals surface area contributed by atoms with Crippen LogP contribution in [-0.4, -0.2) is 22.9 Å². The average molecular weight is 281 g/mol. The number of aromatic nitrogens is 2. The summed E-state index contributed by atoms with van der Waals surface area (Å²) in [6, 6.07) is 15.3. The number of carbonyl (C=O) groups is 1. The molecule has 0 amide bonds. The van der Waals surface area contributed by atoms with Crippen LogP contribution in [-0.2, 0) is 16.0 Å². The van der Waals surface area contributed by atoms with Gasteiger partial charge >= 0.3 is 5.97 Å². The summed E-state index contributed by atoms with van der Waals surface area (Å²) in [5, 5.41) is 5.38. The van der Waals surface area contributed by atoms with Gasteiger partial charge in [0, 0.05) is 5.39 Å². The van der Waals surface area contributed by atoms with Gasteiger partial charge in [-0.25, -0.2) is 4.68 Å². The van der Waals surface area contributed by atoms with Crippen LogP contribution in [0.3, 0.4) is 0 Å². The molecule has 0 aliphatic carbocycles. The number of rotatable bonds is 3. The second kappa shape index (κ2) is 5.28. The molecule has 1 heterocycles. The Morgan fingerprint density at radius 3 is 2.71 bits per heavy atom. The number of anilines is 1. The van der Waals surface area contributed by atoms with E-state index in [2.05, 4.69) is 9.84 Å². The number of benzene rings is 2. The molecule has 3 rings (SSSR count). The summed E-state index contributed by atoms with van der Waals surface area (Å²) in [4.78, 5) is 11.3. The van der Waals surface area contributed by atoms with Gasteiger partial charge in [0.25, 0.3) is 0 Å². The molecular formula is C16H15N3O2. The van der Waals surface area contributed by atoms with Crippen molar-refractivity contribution in [2.45, 2.75) is 6.42 Å². The first-order chi connectivity index (χ1) is 10.2. The van der Waals surface area contributed by atoms with Gasteiger partial charge in [0.2, 0.25) is 0 Å². The minimum Gasteiger partial charge on any atom is -0.469 e. The first kappa shape index (κ1) is 13.2. The molecular weight excluding hydrogens is 266 g/mol. The number of esters is 1. The standard InChI is InChI=1S/C16H15N3O2/c1-21-15(20)10-11-7-8-13-14(9-11)18-19(16(13)17)12-5-3-2-4-6-12/h2-9H,10,17H2,1H3. The van der Waals surface area contributed by atoms with E-state index in [9.17, 15) is 4.79 Å². The molecule has 5 heteroatoms. The largest absolute Gasteiger partial charge is 0.469 e. The predicted octanol–water partition coefficient (Wildman–Crippen LogP) is 2.32. The molecule has 0 saturated heterocycles. The molecule has 5 nitrogen and oxygen atoms in total. The topological polar surface area (TPSA) is 70.1 Å². The molecule has 0 atom stereocenters. The zero-order valence-corrected chi connectivity index (χ0v) is 11.6. The molecule has 0 fully saturated rings. The minimum atomic E-state index is -0.273. The van der Waals surface area contributed by atoms with Crippen LogP contribution in [0.25, 0.3) is 16.6 Å². The zero-order valence-electron chi connectivity index (χ0n) is 11.6. The summed E-state index contributed by atoms with van der Waals surface area (Å²) in [5.74, 6) is 0.311. The van der Waals surface area contributed by atoms with Gasteiger partial charge in [-0.05, 0) is 29.8 Å². The van der Waals surface area contributed by atoms with E-state index in [1.807, 2.05) is 48.5 Å². The highest BCUT2D eigenvalue weighted by Gasteiger charge is 2.11. The van der Waals surface area contributed by atoms with Gasteiger partial charge in [-0.15, -0.1) is 0 Å². The average Bonchev–Trinajstić information content (AvgIpc) is 2.84. The van der Waals surface area contributed by atoms with Crippen molar-refractivity contribution in [3.05, 3.63) is 54.1 Å². The van der Waals surface area contributed by atoms with Gasteiger partial charge in [-0.2, -0.15) is 5.10 Å². The fraction of sp³-hybridized carbons (Fsp3) is 0.125. The number of ether oxygens (including phenoxy) is 1. The second-order valence-electron chi connectivity index (χ2n) is 4.74. The zero-order chi connectivity index (χ0) is 14.8. The molecule has 3 aromatic rings. The molecule has 0 unspecified atom stereocenters. The summed E-state index contributed by atoms with van der Waals surface area (Å²) >= 11 is 0. The molecule has 2 aromatic carbocycles. The van der Waals surface area contributed by atoms with Crippen molar-refractivity contribution in [1.29, 1.82) is 0 Å². The van der Waals surface area contributed by atoms with Crippen molar-refractivity contribution >= 4 is 22.7 Å². The summed E-state index contributed by atoms with van der Waals surface area (Å²) < 4.78 is 6.38. The molecule has 2 N–H and O–H groups in total. The van der Waals surface area contributed by atoms with Crippen LogP contribution >= 0.6 is 0 Å². The van der Waals surface area contributed by atoms with Gasteiger partial charge in [-0.1, -0.05) is 24.3 Å². The lowest BCUT2D eigenvalue weighted by Crippen LogP contribution is -2.04. The lowest BCUT2D eigenvalue weighted by Gasteiger charge is -2.02. The van der Waals surface area contributed by atoms with E-state index in [-0.39, 0.29) is 12.4 Å². The number of hydrogen-bond donors (Lipinski definition) is 1. The van der Waals surface area contributed by atoms with Crippen LogP contribution in [0.1, 0.15) is 5.56 Å². The van der Waals surface area contributed by atoms with E-state index in [0.29, 0.717) is 5.82 Å². The van der Waals surface area contributed by atoms with Crippen molar-refractivity contribution < 1.29 is 9.53 Å². The maximum absolute atomic E-state index is 11.3. The van der Waals surface area contributed by atoms with Gasteiger partial charge in [0.1, 0.15) is 5.82 Å². The van der Waals surface area contributed by atoms with Gasteiger partial charge < -0.3 is 10.5 Å². The van der Waals surface area contributed by atoms with Crippen molar-refractivity contribution in [2.24, 2.45) is 0 Å². The molecule has 106 valence electrons. The SMILES string of the molecule is COC(=O)Cc1ccc2c(N)n(-c3ccccc3)nc2c1. The van der Waals surface area contributed by atoms with E-state index in [1.54, 1.807) is 4.68 Å². The number of carbonyl (C=O) groups excluding carboxylic acids is 1. The van der Waals surface area contributed by atoms with Crippen molar-refractivity contribution in [1.82, 2.24) is 9.78 Å². The van der Waals surface area contributed by atoms with E-state index in [0.717, 1.165) is 22.2 Å². The Kier molecular flexibility index (Phi) is 3.31. The fourth-order valence-corrected chi connectivity index (χ4v) is 2.27. The predicted molar refractivity (Wildman–Crippen MR) is 81.2 cm³/mol.